The van der Waals surface area contributed by atoms with Crippen molar-refractivity contribution in [2.75, 3.05) is 5.73 Å². The number of hydrogen-bond acceptors (Lipinski definition) is 2. The van der Waals surface area contributed by atoms with Crippen molar-refractivity contribution in [1.82, 2.24) is 0 Å². The molecule has 1 aromatic carbocycles. The van der Waals surface area contributed by atoms with Gasteiger partial charge < -0.3 is 5.73 Å². The normalized spacial score (nSPS) is 8.12. The molecule has 1 rings (SSSR count). The van der Waals surface area contributed by atoms with Crippen LogP contribution in [-0.4, -0.2) is 0 Å². The molecule has 0 saturated heterocycles. The molecule has 0 aliphatic carbocycles. The zero-order valence-corrected chi connectivity index (χ0v) is 5.07. The summed E-state index contributed by atoms with van der Waals surface area (Å²) in [5.41, 5.74) is 5.91. The smallest absolute Gasteiger partial charge is 0.0966 e. The third-order valence-corrected chi connectivity index (χ3v) is 1.20. The Balaban J connectivity index is 3.13. The largest absolute Gasteiger partial charge is 0.391 e. The second kappa shape index (κ2) is 1.97. The van der Waals surface area contributed by atoms with Crippen LogP contribution in [0, 0.1) is 12.1 Å². The predicted octanol–water partition coefficient (Wildman–Crippen LogP) is 1.16. The van der Waals surface area contributed by atoms with Crippen LogP contribution in [0.5, 0.6) is 0 Å². The summed E-state index contributed by atoms with van der Waals surface area (Å²) in [6, 6.07) is 8.87. The Labute approximate surface area is 53.9 Å². The average molecular weight is 123 g/mol. The van der Waals surface area contributed by atoms with E-state index in [1.165, 1.54) is 0 Å². The number of nitrogens with two attached hydrogens (primary N) is 1. The lowest BCUT2D eigenvalue weighted by atomic mass is 10.4. The van der Waals surface area contributed by atoms with Gasteiger partial charge in [0.05, 0.1) is 5.69 Å². The van der Waals surface area contributed by atoms with Gasteiger partial charge in [0.15, 0.2) is 0 Å². The Bertz CT molecular complexity index is 165. The van der Waals surface area contributed by atoms with Crippen LogP contribution in [0.2, 0.25) is 0 Å². The van der Waals surface area contributed by atoms with Gasteiger partial charge in [0.2, 0.25) is 0 Å². The van der Waals surface area contributed by atoms with Crippen LogP contribution in [-0.2, 0) is 0 Å². The fourth-order valence-corrected chi connectivity index (χ4v) is 0.524. The van der Waals surface area contributed by atoms with E-state index in [1.54, 1.807) is 12.1 Å². The first-order chi connectivity index (χ1) is 3.80. The Morgan fingerprint density at radius 3 is 2.75 bits per heavy atom. The second-order valence-corrected chi connectivity index (χ2v) is 1.88. The van der Waals surface area contributed by atoms with Gasteiger partial charge in [-0.05, 0) is 18.2 Å². The first-order valence-electron chi connectivity index (χ1n) is 2.17. The average Bonchev–Trinajstić information content (AvgIpc) is 1.77. The van der Waals surface area contributed by atoms with Gasteiger partial charge in [0, 0.05) is 4.90 Å². The molecule has 0 spiro atoms. The first kappa shape index (κ1) is 5.33. The third-order valence-electron chi connectivity index (χ3n) is 0.807. The molecule has 0 aromatic heterocycles. The highest BCUT2D eigenvalue weighted by molar-refractivity contribution is 7.80. The number of nitrogen functional groups attached to an aromatic ring is 1. The first-order valence-corrected chi connectivity index (χ1v) is 2.62. The molecule has 8 heavy (non-hydrogen) atoms. The Hall–Kier alpha value is -0.810. The molecule has 2 N–H and O–H groups in total. The minimum atomic E-state index is 0.552. The zero-order valence-electron chi connectivity index (χ0n) is 4.18. The number of hydrogen-bond donors (Lipinski definition) is 2. The van der Waals surface area contributed by atoms with Gasteiger partial charge in [-0.1, -0.05) is 6.07 Å². The van der Waals surface area contributed by atoms with Crippen molar-refractivity contribution in [1.29, 1.82) is 0 Å². The SMILES string of the molecule is Nc1c#cccc1S. The molecule has 0 aliphatic rings. The summed E-state index contributed by atoms with van der Waals surface area (Å²) in [6.45, 7) is 0. The maximum Gasteiger partial charge on any atom is 0.0966 e. The lowest BCUT2D eigenvalue weighted by Crippen LogP contribution is -1.82. The number of anilines is 1. The summed E-state index contributed by atoms with van der Waals surface area (Å²) in [5, 5.41) is 0. The Morgan fingerprint density at radius 2 is 2.38 bits per heavy atom. The predicted molar refractivity (Wildman–Crippen MR) is 35.8 cm³/mol. The summed E-state index contributed by atoms with van der Waals surface area (Å²) < 4.78 is 0. The molecule has 0 saturated carbocycles. The van der Waals surface area contributed by atoms with Gasteiger partial charge in [-0.25, -0.2) is 0 Å². The van der Waals surface area contributed by atoms with E-state index in [4.69, 9.17) is 5.73 Å². The molecule has 0 aliphatic heterocycles. The molecule has 40 valence electrons. The topological polar surface area (TPSA) is 26.0 Å². The lowest BCUT2D eigenvalue weighted by molar-refractivity contribution is 1.49. The highest BCUT2D eigenvalue weighted by atomic mass is 32.1. The fraction of sp³-hybridized carbons (Fsp3) is 0. The van der Waals surface area contributed by atoms with E-state index in [0.717, 1.165) is 4.90 Å². The van der Waals surface area contributed by atoms with Crippen LogP contribution < -0.4 is 5.73 Å². The van der Waals surface area contributed by atoms with E-state index in [0.29, 0.717) is 5.69 Å². The van der Waals surface area contributed by atoms with Crippen molar-refractivity contribution < 1.29 is 0 Å². The number of thiol groups is 1. The molecular formula is C6H5NS. The van der Waals surface area contributed by atoms with Crippen molar-refractivity contribution in [3.05, 3.63) is 24.3 Å². The van der Waals surface area contributed by atoms with Crippen LogP contribution in [0.4, 0.5) is 5.69 Å². The van der Waals surface area contributed by atoms with Crippen molar-refractivity contribution in [3.63, 3.8) is 0 Å². The van der Waals surface area contributed by atoms with Crippen molar-refractivity contribution in [2.45, 2.75) is 4.90 Å². The van der Waals surface area contributed by atoms with Gasteiger partial charge in [-0.15, -0.1) is 12.6 Å². The summed E-state index contributed by atoms with van der Waals surface area (Å²) in [7, 11) is 0. The molecule has 0 heterocycles. The van der Waals surface area contributed by atoms with Crippen LogP contribution in [0.1, 0.15) is 0 Å². The van der Waals surface area contributed by atoms with Crippen molar-refractivity contribution in [3.8, 4) is 0 Å². The lowest BCUT2D eigenvalue weighted by Gasteiger charge is -1.87. The zero-order chi connectivity index (χ0) is 5.98. The van der Waals surface area contributed by atoms with Gasteiger partial charge in [-0.2, -0.15) is 0 Å². The van der Waals surface area contributed by atoms with Crippen LogP contribution in [0.3, 0.4) is 0 Å². The van der Waals surface area contributed by atoms with Gasteiger partial charge in [-0.3, -0.25) is 0 Å². The maximum atomic E-state index is 5.36. The molecule has 0 bridgehead atoms. The minimum Gasteiger partial charge on any atom is -0.391 e. The van der Waals surface area contributed by atoms with E-state index < -0.39 is 0 Å². The van der Waals surface area contributed by atoms with E-state index >= 15 is 0 Å². The highest BCUT2D eigenvalue weighted by Crippen LogP contribution is 2.09. The quantitative estimate of drug-likeness (QED) is 0.497. The number of rotatable bonds is 0. The molecule has 1 nitrogen and oxygen atoms in total. The molecule has 1 aromatic rings. The molecule has 0 atom stereocenters. The van der Waals surface area contributed by atoms with Crippen LogP contribution in [0.15, 0.2) is 17.0 Å². The summed E-state index contributed by atoms with van der Waals surface area (Å²) >= 11 is 4.02. The molecule has 0 fully saturated rings. The van der Waals surface area contributed by atoms with Crippen LogP contribution >= 0.6 is 12.6 Å². The monoisotopic (exact) mass is 123 g/mol. The maximum absolute atomic E-state index is 5.36. The highest BCUT2D eigenvalue weighted by Gasteiger charge is 1.84. The second-order valence-electron chi connectivity index (χ2n) is 1.40. The van der Waals surface area contributed by atoms with E-state index in [9.17, 15) is 0 Å². The van der Waals surface area contributed by atoms with Crippen molar-refractivity contribution >= 4 is 18.3 Å². The molecular weight excluding hydrogens is 118 g/mol. The van der Waals surface area contributed by atoms with Crippen molar-refractivity contribution in [2.24, 2.45) is 0 Å². The van der Waals surface area contributed by atoms with Gasteiger partial charge in [0.1, 0.15) is 0 Å². The van der Waals surface area contributed by atoms with Crippen LogP contribution in [0.25, 0.3) is 0 Å². The van der Waals surface area contributed by atoms with E-state index in [1.807, 2.05) is 0 Å². The Kier molecular flexibility index (Phi) is 1.32. The summed E-state index contributed by atoms with van der Waals surface area (Å²) in [4.78, 5) is 0.753. The Morgan fingerprint density at radius 1 is 1.62 bits per heavy atom. The molecule has 0 radical (unpaired) electrons. The third kappa shape index (κ3) is 0.877. The van der Waals surface area contributed by atoms with Gasteiger partial charge in [0.25, 0.3) is 0 Å². The molecule has 0 unspecified atom stereocenters. The van der Waals surface area contributed by atoms with Gasteiger partial charge >= 0.3 is 0 Å². The van der Waals surface area contributed by atoms with E-state index in [-0.39, 0.29) is 0 Å². The summed E-state index contributed by atoms with van der Waals surface area (Å²) in [6.07, 6.45) is 0. The summed E-state index contributed by atoms with van der Waals surface area (Å²) in [5.74, 6) is 0. The van der Waals surface area contributed by atoms with E-state index in [2.05, 4.69) is 24.8 Å². The molecule has 0 amide bonds. The fourth-order valence-electron chi connectivity index (χ4n) is 0.394. The molecule has 2 heteroatoms. The standard InChI is InChI=1S/C6H5NS/c7-5-3-1-2-4-6(5)8/h2,4,8H,7H2. The minimum absolute atomic E-state index is 0.552.